The lowest BCUT2D eigenvalue weighted by Crippen LogP contribution is -2.48. The smallest absolute Gasteiger partial charge is 0.410 e. The number of rotatable bonds is 6. The third-order valence-corrected chi connectivity index (χ3v) is 6.56. The predicted molar refractivity (Wildman–Crippen MR) is 109 cm³/mol. The van der Waals surface area contributed by atoms with Gasteiger partial charge >= 0.3 is 12.1 Å². The van der Waals surface area contributed by atoms with Crippen LogP contribution in [0.15, 0.2) is 24.5 Å². The second-order valence-electron chi connectivity index (χ2n) is 8.68. The molecule has 3 aliphatic heterocycles. The minimum Gasteiger partial charge on any atom is -0.481 e. The summed E-state index contributed by atoms with van der Waals surface area (Å²) in [5, 5.41) is 19.3. The van der Waals surface area contributed by atoms with E-state index in [0.717, 1.165) is 25.9 Å². The maximum absolute atomic E-state index is 12.5. The van der Waals surface area contributed by atoms with Crippen LogP contribution in [0.3, 0.4) is 0 Å². The number of carbonyl (C=O) groups excluding carboxylic acids is 1. The molecule has 0 saturated carbocycles. The van der Waals surface area contributed by atoms with Crippen LogP contribution >= 0.6 is 0 Å². The number of piperidine rings is 2. The number of pyridine rings is 1. The standard InChI is InChI=1S/C21H30N4O5/c26-19(27)13-21(29)5-11-23(12-6-21)14-18-15-25(20(28)30-18)17-3-9-24(10-4-17)16-1-7-22-8-2-16/h1-2,7-8,17-18,29H,3-6,9-15H2,(H,26,27). The van der Waals surface area contributed by atoms with E-state index in [2.05, 4.69) is 14.8 Å². The van der Waals surface area contributed by atoms with Crippen molar-refractivity contribution in [3.05, 3.63) is 24.5 Å². The first-order valence-electron chi connectivity index (χ1n) is 10.7. The summed E-state index contributed by atoms with van der Waals surface area (Å²) in [4.78, 5) is 33.8. The number of anilines is 1. The Kier molecular flexibility index (Phi) is 6.10. The van der Waals surface area contributed by atoms with E-state index in [-0.39, 0.29) is 24.7 Å². The molecule has 3 fully saturated rings. The normalized spacial score (nSPS) is 25.4. The van der Waals surface area contributed by atoms with Gasteiger partial charge in [-0.15, -0.1) is 0 Å². The number of nitrogens with zero attached hydrogens (tertiary/aromatic N) is 4. The van der Waals surface area contributed by atoms with E-state index in [1.54, 1.807) is 12.4 Å². The highest BCUT2D eigenvalue weighted by Crippen LogP contribution is 2.28. The summed E-state index contributed by atoms with van der Waals surface area (Å²) in [7, 11) is 0. The monoisotopic (exact) mass is 418 g/mol. The first kappa shape index (κ1) is 20.9. The van der Waals surface area contributed by atoms with Crippen molar-refractivity contribution in [2.75, 3.05) is 44.2 Å². The lowest BCUT2D eigenvalue weighted by atomic mass is 9.88. The summed E-state index contributed by atoms with van der Waals surface area (Å²) in [6.07, 6.45) is 5.65. The highest BCUT2D eigenvalue weighted by molar-refractivity contribution is 5.70. The van der Waals surface area contributed by atoms with Crippen LogP contribution in [0.2, 0.25) is 0 Å². The Morgan fingerprint density at radius 3 is 2.47 bits per heavy atom. The van der Waals surface area contributed by atoms with Gasteiger partial charge in [-0.1, -0.05) is 0 Å². The number of hydrogen-bond donors (Lipinski definition) is 2. The minimum atomic E-state index is -1.12. The molecule has 30 heavy (non-hydrogen) atoms. The molecule has 0 aromatic carbocycles. The summed E-state index contributed by atoms with van der Waals surface area (Å²) in [6.45, 7) is 4.25. The van der Waals surface area contributed by atoms with Gasteiger partial charge < -0.3 is 24.7 Å². The molecule has 1 amide bonds. The molecule has 4 heterocycles. The van der Waals surface area contributed by atoms with Crippen LogP contribution in [0.25, 0.3) is 0 Å². The number of carboxylic acids is 1. The number of carboxylic acid groups (broad SMARTS) is 1. The summed E-state index contributed by atoms with van der Waals surface area (Å²) in [6, 6.07) is 4.22. The second kappa shape index (κ2) is 8.77. The van der Waals surface area contributed by atoms with Crippen molar-refractivity contribution in [2.24, 2.45) is 0 Å². The quantitative estimate of drug-likeness (QED) is 0.709. The molecule has 1 aromatic rings. The number of aliphatic carboxylic acids is 1. The Balaban J connectivity index is 1.24. The largest absolute Gasteiger partial charge is 0.481 e. The Hall–Kier alpha value is -2.39. The van der Waals surface area contributed by atoms with Gasteiger partial charge in [-0.05, 0) is 37.8 Å². The molecule has 9 nitrogen and oxygen atoms in total. The summed E-state index contributed by atoms with van der Waals surface area (Å²) in [5.74, 6) is -0.971. The lowest BCUT2D eigenvalue weighted by Gasteiger charge is -2.38. The number of hydrogen-bond acceptors (Lipinski definition) is 7. The first-order chi connectivity index (χ1) is 14.4. The number of aromatic nitrogens is 1. The summed E-state index contributed by atoms with van der Waals surface area (Å²) < 4.78 is 5.62. The third kappa shape index (κ3) is 4.84. The molecule has 0 bridgehead atoms. The molecule has 9 heteroatoms. The highest BCUT2D eigenvalue weighted by atomic mass is 16.6. The molecule has 0 radical (unpaired) electrons. The number of ether oxygens (including phenoxy) is 1. The van der Waals surface area contributed by atoms with E-state index in [1.807, 2.05) is 17.0 Å². The number of likely N-dealkylation sites (tertiary alicyclic amines) is 1. The van der Waals surface area contributed by atoms with E-state index in [4.69, 9.17) is 9.84 Å². The summed E-state index contributed by atoms with van der Waals surface area (Å²) in [5.41, 5.74) is 0.0436. The van der Waals surface area contributed by atoms with Crippen LogP contribution in [0, 0.1) is 0 Å². The SMILES string of the molecule is O=C(O)CC1(O)CCN(CC2CN(C3CCN(c4ccncc4)CC3)C(=O)O2)CC1. The molecular formula is C21H30N4O5. The number of aliphatic hydroxyl groups is 1. The highest BCUT2D eigenvalue weighted by Gasteiger charge is 2.40. The average Bonchev–Trinajstić information content (AvgIpc) is 3.10. The topological polar surface area (TPSA) is 106 Å². The lowest BCUT2D eigenvalue weighted by molar-refractivity contribution is -0.144. The van der Waals surface area contributed by atoms with Gasteiger partial charge in [0.1, 0.15) is 6.10 Å². The van der Waals surface area contributed by atoms with Gasteiger partial charge in [-0.25, -0.2) is 4.79 Å². The number of amides is 1. The van der Waals surface area contributed by atoms with Gasteiger partial charge in [-0.3, -0.25) is 14.7 Å². The fourth-order valence-electron chi connectivity index (χ4n) is 4.82. The van der Waals surface area contributed by atoms with E-state index >= 15 is 0 Å². The molecule has 0 spiro atoms. The molecule has 1 unspecified atom stereocenters. The molecule has 4 rings (SSSR count). The van der Waals surface area contributed by atoms with Gasteiger partial charge in [0.25, 0.3) is 0 Å². The zero-order valence-electron chi connectivity index (χ0n) is 17.2. The van der Waals surface area contributed by atoms with Gasteiger partial charge in [0.2, 0.25) is 0 Å². The molecule has 164 valence electrons. The van der Waals surface area contributed by atoms with Gasteiger partial charge in [0.05, 0.1) is 18.6 Å². The van der Waals surface area contributed by atoms with E-state index in [1.165, 1.54) is 5.69 Å². The van der Waals surface area contributed by atoms with Crippen LogP contribution in [-0.4, -0.2) is 94.1 Å². The van der Waals surface area contributed by atoms with Crippen molar-refractivity contribution in [1.82, 2.24) is 14.8 Å². The fraction of sp³-hybridized carbons (Fsp3) is 0.667. The van der Waals surface area contributed by atoms with Crippen molar-refractivity contribution in [1.29, 1.82) is 0 Å². The maximum Gasteiger partial charge on any atom is 0.410 e. The molecule has 3 aliphatic rings. The third-order valence-electron chi connectivity index (χ3n) is 6.56. The average molecular weight is 418 g/mol. The molecule has 0 aliphatic carbocycles. The zero-order chi connectivity index (χ0) is 21.1. The van der Waals surface area contributed by atoms with Crippen molar-refractivity contribution >= 4 is 17.7 Å². The number of cyclic esters (lactones) is 1. The van der Waals surface area contributed by atoms with E-state index < -0.39 is 11.6 Å². The first-order valence-corrected chi connectivity index (χ1v) is 10.7. The maximum atomic E-state index is 12.5. The van der Waals surface area contributed by atoms with Gasteiger partial charge in [0, 0.05) is 56.8 Å². The van der Waals surface area contributed by atoms with E-state index in [9.17, 15) is 14.7 Å². The number of carbonyl (C=O) groups is 2. The molecule has 1 atom stereocenters. The van der Waals surface area contributed by atoms with Crippen molar-refractivity contribution in [3.8, 4) is 0 Å². The van der Waals surface area contributed by atoms with Crippen molar-refractivity contribution in [2.45, 2.75) is 49.9 Å². The van der Waals surface area contributed by atoms with Crippen LogP contribution in [0.5, 0.6) is 0 Å². The fourth-order valence-corrected chi connectivity index (χ4v) is 4.82. The van der Waals surface area contributed by atoms with Crippen LogP contribution < -0.4 is 4.90 Å². The minimum absolute atomic E-state index is 0.179. The molecule has 1 aromatic heterocycles. The van der Waals surface area contributed by atoms with E-state index in [0.29, 0.717) is 39.0 Å². The van der Waals surface area contributed by atoms with Crippen LogP contribution in [0.4, 0.5) is 10.5 Å². The molecular weight excluding hydrogens is 388 g/mol. The Morgan fingerprint density at radius 2 is 1.83 bits per heavy atom. The Bertz CT molecular complexity index is 745. The molecule has 3 saturated heterocycles. The Morgan fingerprint density at radius 1 is 1.17 bits per heavy atom. The van der Waals surface area contributed by atoms with Crippen molar-refractivity contribution < 1.29 is 24.5 Å². The molecule has 2 N–H and O–H groups in total. The van der Waals surface area contributed by atoms with Crippen LogP contribution in [0.1, 0.15) is 32.1 Å². The van der Waals surface area contributed by atoms with Gasteiger partial charge in [-0.2, -0.15) is 0 Å². The second-order valence-corrected chi connectivity index (χ2v) is 8.68. The van der Waals surface area contributed by atoms with Gasteiger partial charge in [0.15, 0.2) is 0 Å². The van der Waals surface area contributed by atoms with Crippen LogP contribution in [-0.2, 0) is 9.53 Å². The van der Waals surface area contributed by atoms with Crippen molar-refractivity contribution in [3.63, 3.8) is 0 Å². The zero-order valence-corrected chi connectivity index (χ0v) is 17.2. The Labute approximate surface area is 176 Å². The summed E-state index contributed by atoms with van der Waals surface area (Å²) >= 11 is 0. The predicted octanol–water partition coefficient (Wildman–Crippen LogP) is 1.17.